The number of fused-ring (bicyclic) bond motifs is 2. The lowest BCUT2D eigenvalue weighted by molar-refractivity contribution is -0.126. The van der Waals surface area contributed by atoms with Crippen molar-refractivity contribution >= 4 is 17.5 Å². The number of imide groups is 1. The summed E-state index contributed by atoms with van der Waals surface area (Å²) in [6.07, 6.45) is 0. The zero-order valence-electron chi connectivity index (χ0n) is 14.9. The molecule has 0 unspecified atom stereocenters. The molecule has 4 nitrogen and oxygen atoms in total. The SMILES string of the molecule is C=C(C)[C@@H]1COc2ccccc2[C@H]1[C@@H]1C(=O)N(C(C)=O)c2ccccc21. The summed E-state index contributed by atoms with van der Waals surface area (Å²) in [5, 5.41) is 0. The van der Waals surface area contributed by atoms with E-state index in [-0.39, 0.29) is 23.7 Å². The predicted octanol–water partition coefficient (Wildman–Crippen LogP) is 4.03. The number of nitrogens with zero attached hydrogens (tertiary/aromatic N) is 1. The molecule has 2 aromatic rings. The van der Waals surface area contributed by atoms with Crippen molar-refractivity contribution in [3.05, 3.63) is 71.8 Å². The van der Waals surface area contributed by atoms with Gasteiger partial charge in [-0.3, -0.25) is 9.59 Å². The Balaban J connectivity index is 1.91. The van der Waals surface area contributed by atoms with Crippen LogP contribution in [0.5, 0.6) is 5.75 Å². The maximum absolute atomic E-state index is 13.3. The molecule has 0 radical (unpaired) electrons. The first-order valence-corrected chi connectivity index (χ1v) is 8.81. The lowest BCUT2D eigenvalue weighted by atomic mass is 9.71. The highest BCUT2D eigenvalue weighted by atomic mass is 16.5. The van der Waals surface area contributed by atoms with Crippen molar-refractivity contribution in [1.29, 1.82) is 0 Å². The highest BCUT2D eigenvalue weighted by Gasteiger charge is 2.48. The number of hydrogen-bond donors (Lipinski definition) is 0. The van der Waals surface area contributed by atoms with Crippen molar-refractivity contribution in [2.75, 3.05) is 11.5 Å². The number of amides is 2. The van der Waals surface area contributed by atoms with Crippen molar-refractivity contribution in [2.24, 2.45) is 5.92 Å². The number of anilines is 1. The quantitative estimate of drug-likeness (QED) is 0.771. The number of ether oxygens (including phenoxy) is 1. The third kappa shape index (κ3) is 2.37. The van der Waals surface area contributed by atoms with Crippen LogP contribution >= 0.6 is 0 Å². The molecule has 4 heteroatoms. The predicted molar refractivity (Wildman–Crippen MR) is 100 cm³/mol. The van der Waals surface area contributed by atoms with E-state index in [0.29, 0.717) is 12.3 Å². The fourth-order valence-electron chi connectivity index (χ4n) is 4.26. The molecule has 2 heterocycles. The number of hydrogen-bond acceptors (Lipinski definition) is 3. The van der Waals surface area contributed by atoms with Gasteiger partial charge in [-0.1, -0.05) is 48.6 Å². The molecule has 2 aromatic carbocycles. The highest BCUT2D eigenvalue weighted by molar-refractivity contribution is 6.20. The second kappa shape index (κ2) is 6.13. The molecule has 0 N–H and O–H groups in total. The Morgan fingerprint density at radius 1 is 1.08 bits per heavy atom. The lowest BCUT2D eigenvalue weighted by Gasteiger charge is -2.37. The largest absolute Gasteiger partial charge is 0.493 e. The van der Waals surface area contributed by atoms with Gasteiger partial charge in [0, 0.05) is 18.8 Å². The molecule has 0 saturated heterocycles. The van der Waals surface area contributed by atoms with Gasteiger partial charge in [0.1, 0.15) is 5.75 Å². The van der Waals surface area contributed by atoms with Crippen LogP contribution in [0.4, 0.5) is 5.69 Å². The Kier molecular flexibility index (Phi) is 3.91. The highest BCUT2D eigenvalue weighted by Crippen LogP contribution is 2.52. The fourth-order valence-corrected chi connectivity index (χ4v) is 4.26. The Labute approximate surface area is 153 Å². The summed E-state index contributed by atoms with van der Waals surface area (Å²) in [5.41, 5.74) is 3.58. The van der Waals surface area contributed by atoms with Crippen molar-refractivity contribution < 1.29 is 14.3 Å². The van der Waals surface area contributed by atoms with Gasteiger partial charge in [0.2, 0.25) is 11.8 Å². The molecule has 0 fully saturated rings. The molecule has 132 valence electrons. The zero-order valence-corrected chi connectivity index (χ0v) is 14.9. The lowest BCUT2D eigenvalue weighted by Crippen LogP contribution is -2.38. The van der Waals surface area contributed by atoms with Crippen LogP contribution in [0.1, 0.15) is 36.8 Å². The summed E-state index contributed by atoms with van der Waals surface area (Å²) < 4.78 is 5.93. The van der Waals surface area contributed by atoms with Gasteiger partial charge >= 0.3 is 0 Å². The maximum Gasteiger partial charge on any atom is 0.242 e. The van der Waals surface area contributed by atoms with E-state index in [1.54, 1.807) is 0 Å². The molecule has 0 saturated carbocycles. The van der Waals surface area contributed by atoms with Crippen LogP contribution < -0.4 is 9.64 Å². The fraction of sp³-hybridized carbons (Fsp3) is 0.273. The average Bonchev–Trinajstić information content (AvgIpc) is 2.92. The van der Waals surface area contributed by atoms with Gasteiger partial charge in [-0.05, 0) is 30.2 Å². The van der Waals surface area contributed by atoms with Crippen LogP contribution in [0.15, 0.2) is 60.7 Å². The van der Waals surface area contributed by atoms with E-state index in [1.165, 1.54) is 11.8 Å². The molecule has 2 aliphatic heterocycles. The summed E-state index contributed by atoms with van der Waals surface area (Å²) in [4.78, 5) is 26.8. The van der Waals surface area contributed by atoms with E-state index in [9.17, 15) is 9.59 Å². The first-order valence-electron chi connectivity index (χ1n) is 8.81. The van der Waals surface area contributed by atoms with Gasteiger partial charge in [0.25, 0.3) is 0 Å². The third-order valence-electron chi connectivity index (χ3n) is 5.44. The molecule has 4 rings (SSSR count). The van der Waals surface area contributed by atoms with Crippen molar-refractivity contribution in [3.8, 4) is 5.75 Å². The summed E-state index contributed by atoms with van der Waals surface area (Å²) in [7, 11) is 0. The first kappa shape index (κ1) is 16.6. The van der Waals surface area contributed by atoms with Gasteiger partial charge < -0.3 is 4.74 Å². The van der Waals surface area contributed by atoms with E-state index in [4.69, 9.17) is 4.74 Å². The van der Waals surface area contributed by atoms with Crippen LogP contribution in [0.2, 0.25) is 0 Å². The second-order valence-electron chi connectivity index (χ2n) is 7.06. The normalized spacial score (nSPS) is 23.8. The molecule has 0 aromatic heterocycles. The van der Waals surface area contributed by atoms with Crippen LogP contribution in [0.3, 0.4) is 0 Å². The zero-order chi connectivity index (χ0) is 18.4. The Hall–Kier alpha value is -2.88. The Morgan fingerprint density at radius 3 is 2.42 bits per heavy atom. The number of carbonyl (C=O) groups is 2. The molecule has 26 heavy (non-hydrogen) atoms. The van der Waals surface area contributed by atoms with E-state index in [1.807, 2.05) is 55.5 Å². The smallest absolute Gasteiger partial charge is 0.242 e. The summed E-state index contributed by atoms with van der Waals surface area (Å²) in [6, 6.07) is 15.4. The number of para-hydroxylation sites is 2. The van der Waals surface area contributed by atoms with E-state index in [0.717, 1.165) is 22.4 Å². The second-order valence-corrected chi connectivity index (χ2v) is 7.06. The van der Waals surface area contributed by atoms with Gasteiger partial charge in [0.05, 0.1) is 18.2 Å². The van der Waals surface area contributed by atoms with Gasteiger partial charge in [-0.15, -0.1) is 0 Å². The Morgan fingerprint density at radius 2 is 1.73 bits per heavy atom. The summed E-state index contributed by atoms with van der Waals surface area (Å²) in [5.74, 6) is -0.110. The molecule has 2 aliphatic rings. The van der Waals surface area contributed by atoms with Gasteiger partial charge in [0.15, 0.2) is 0 Å². The summed E-state index contributed by atoms with van der Waals surface area (Å²) in [6.45, 7) is 8.04. The number of carbonyl (C=O) groups excluding carboxylic acids is 2. The maximum atomic E-state index is 13.3. The number of rotatable bonds is 2. The Bertz CT molecular complexity index is 917. The molecule has 0 bridgehead atoms. The van der Waals surface area contributed by atoms with Crippen LogP contribution in [-0.2, 0) is 9.59 Å². The molecule has 3 atom stereocenters. The summed E-state index contributed by atoms with van der Waals surface area (Å²) >= 11 is 0. The number of benzene rings is 2. The molecular formula is C22H21NO3. The van der Waals surface area contributed by atoms with Crippen molar-refractivity contribution in [3.63, 3.8) is 0 Å². The minimum atomic E-state index is -0.415. The van der Waals surface area contributed by atoms with Gasteiger partial charge in [-0.2, -0.15) is 0 Å². The van der Waals surface area contributed by atoms with Crippen LogP contribution in [-0.4, -0.2) is 18.4 Å². The average molecular weight is 347 g/mol. The molecular weight excluding hydrogens is 326 g/mol. The van der Waals surface area contributed by atoms with Crippen LogP contribution in [0.25, 0.3) is 0 Å². The van der Waals surface area contributed by atoms with E-state index < -0.39 is 5.92 Å². The van der Waals surface area contributed by atoms with Crippen LogP contribution in [0, 0.1) is 5.92 Å². The first-order chi connectivity index (χ1) is 12.5. The third-order valence-corrected chi connectivity index (χ3v) is 5.44. The minimum Gasteiger partial charge on any atom is -0.493 e. The standard InChI is InChI=1S/C22H21NO3/c1-13(2)17-12-26-19-11-7-5-9-16(19)20(17)21-15-8-4-6-10-18(15)23(14(3)24)22(21)25/h4-11,17,20-21H,1,12H2,2-3H3/t17-,20+,21+/m0/s1. The minimum absolute atomic E-state index is 0.0128. The monoisotopic (exact) mass is 347 g/mol. The molecule has 2 amide bonds. The molecule has 0 spiro atoms. The van der Waals surface area contributed by atoms with Crippen molar-refractivity contribution in [2.45, 2.75) is 25.7 Å². The van der Waals surface area contributed by atoms with E-state index in [2.05, 4.69) is 6.58 Å². The van der Waals surface area contributed by atoms with Gasteiger partial charge in [-0.25, -0.2) is 4.90 Å². The van der Waals surface area contributed by atoms with Crippen molar-refractivity contribution in [1.82, 2.24) is 0 Å². The topological polar surface area (TPSA) is 46.6 Å². The van der Waals surface area contributed by atoms with E-state index >= 15 is 0 Å². The molecule has 0 aliphatic carbocycles.